The molecule has 0 atom stereocenters. The molecule has 3 N–H and O–H groups in total. The van der Waals surface area contributed by atoms with Crippen molar-refractivity contribution in [3.05, 3.63) is 47.9 Å². The topological polar surface area (TPSA) is 76.7 Å². The lowest BCUT2D eigenvalue weighted by atomic mass is 10.2. The first-order valence-corrected chi connectivity index (χ1v) is 5.42. The van der Waals surface area contributed by atoms with Crippen molar-refractivity contribution in [1.82, 2.24) is 15.2 Å². The average Bonchev–Trinajstić information content (AvgIpc) is 2.38. The third-order valence-corrected chi connectivity index (χ3v) is 2.42. The molecule has 0 saturated carbocycles. The van der Waals surface area contributed by atoms with Crippen LogP contribution in [-0.4, -0.2) is 20.2 Å². The van der Waals surface area contributed by atoms with Gasteiger partial charge in [0.1, 0.15) is 4.99 Å². The predicted octanol–water partition coefficient (Wildman–Crippen LogP) is 1.12. The van der Waals surface area contributed by atoms with E-state index in [2.05, 4.69) is 20.5 Å². The van der Waals surface area contributed by atoms with E-state index in [1.165, 1.54) is 0 Å². The molecule has 0 unspecified atom stereocenters. The first-order valence-electron chi connectivity index (χ1n) is 5.01. The van der Waals surface area contributed by atoms with Gasteiger partial charge < -0.3 is 11.1 Å². The van der Waals surface area contributed by atoms with E-state index in [4.69, 9.17) is 18.0 Å². The Bertz CT molecular complexity index is 514. The Morgan fingerprint density at radius 3 is 2.71 bits per heavy atom. The van der Waals surface area contributed by atoms with Crippen molar-refractivity contribution >= 4 is 23.0 Å². The van der Waals surface area contributed by atoms with Gasteiger partial charge in [0, 0.05) is 18.9 Å². The maximum atomic E-state index is 5.60. The summed E-state index contributed by atoms with van der Waals surface area (Å²) < 4.78 is 0. The normalized spacial score (nSPS) is 9.88. The maximum Gasteiger partial charge on any atom is 0.159 e. The number of hydrogen-bond acceptors (Lipinski definition) is 5. The highest BCUT2D eigenvalue weighted by atomic mass is 32.1. The molecule has 6 heteroatoms. The molecule has 5 nitrogen and oxygen atoms in total. The van der Waals surface area contributed by atoms with Crippen molar-refractivity contribution in [3.8, 4) is 0 Å². The Balaban J connectivity index is 2.12. The molecule has 0 aliphatic rings. The fourth-order valence-electron chi connectivity index (χ4n) is 1.35. The largest absolute Gasteiger partial charge is 0.389 e. The third kappa shape index (κ3) is 2.94. The van der Waals surface area contributed by atoms with E-state index < -0.39 is 0 Å². The molecule has 0 saturated heterocycles. The van der Waals surface area contributed by atoms with Crippen molar-refractivity contribution in [2.24, 2.45) is 5.73 Å². The van der Waals surface area contributed by atoms with Gasteiger partial charge in [-0.25, -0.2) is 0 Å². The summed E-state index contributed by atoms with van der Waals surface area (Å²) in [5, 5.41) is 10.9. The third-order valence-electron chi connectivity index (χ3n) is 2.20. The quantitative estimate of drug-likeness (QED) is 0.786. The van der Waals surface area contributed by atoms with Crippen LogP contribution in [-0.2, 0) is 6.54 Å². The SMILES string of the molecule is NC(=S)c1ccnnc1NCc1ccncc1. The Morgan fingerprint density at radius 1 is 1.24 bits per heavy atom. The monoisotopic (exact) mass is 245 g/mol. The van der Waals surface area contributed by atoms with E-state index in [1.807, 2.05) is 12.1 Å². The molecule has 2 heterocycles. The molecule has 17 heavy (non-hydrogen) atoms. The molecule has 0 aliphatic heterocycles. The lowest BCUT2D eigenvalue weighted by Gasteiger charge is -2.08. The second-order valence-corrected chi connectivity index (χ2v) is 3.81. The second kappa shape index (κ2) is 5.31. The number of pyridine rings is 1. The van der Waals surface area contributed by atoms with Crippen molar-refractivity contribution in [3.63, 3.8) is 0 Å². The van der Waals surface area contributed by atoms with Gasteiger partial charge >= 0.3 is 0 Å². The molecule has 0 spiro atoms. The fraction of sp³-hybridized carbons (Fsp3) is 0.0909. The van der Waals surface area contributed by atoms with E-state index in [9.17, 15) is 0 Å². The summed E-state index contributed by atoms with van der Waals surface area (Å²) in [7, 11) is 0. The Kier molecular flexibility index (Phi) is 3.56. The van der Waals surface area contributed by atoms with Gasteiger partial charge in [-0.2, -0.15) is 5.10 Å². The molecule has 2 aromatic heterocycles. The first kappa shape index (κ1) is 11.4. The van der Waals surface area contributed by atoms with Crippen LogP contribution in [0, 0.1) is 0 Å². The van der Waals surface area contributed by atoms with Crippen LogP contribution in [0.4, 0.5) is 5.82 Å². The highest BCUT2D eigenvalue weighted by Crippen LogP contribution is 2.11. The fourth-order valence-corrected chi connectivity index (χ4v) is 1.51. The minimum Gasteiger partial charge on any atom is -0.389 e. The number of nitrogens with two attached hydrogens (primary N) is 1. The number of anilines is 1. The summed E-state index contributed by atoms with van der Waals surface area (Å²) in [5.74, 6) is 0.594. The molecular formula is C11H11N5S. The molecule has 0 aromatic carbocycles. The van der Waals surface area contributed by atoms with Gasteiger partial charge in [-0.05, 0) is 23.8 Å². The Labute approximate surface area is 104 Å². The van der Waals surface area contributed by atoms with Crippen molar-refractivity contribution in [2.75, 3.05) is 5.32 Å². The molecule has 0 amide bonds. The van der Waals surface area contributed by atoms with E-state index in [0.717, 1.165) is 5.56 Å². The molecule has 0 aliphatic carbocycles. The Hall–Kier alpha value is -2.08. The number of thiocarbonyl (C=S) groups is 1. The average molecular weight is 245 g/mol. The van der Waals surface area contributed by atoms with Gasteiger partial charge in [0.05, 0.1) is 11.8 Å². The molecular weight excluding hydrogens is 234 g/mol. The summed E-state index contributed by atoms with van der Waals surface area (Å²) in [6.07, 6.45) is 5.04. The number of nitrogens with zero attached hydrogens (tertiary/aromatic N) is 3. The maximum absolute atomic E-state index is 5.60. The van der Waals surface area contributed by atoms with Crippen LogP contribution in [0.2, 0.25) is 0 Å². The van der Waals surface area contributed by atoms with Crippen molar-refractivity contribution in [2.45, 2.75) is 6.54 Å². The summed E-state index contributed by atoms with van der Waals surface area (Å²) in [6.45, 7) is 0.622. The number of rotatable bonds is 4. The van der Waals surface area contributed by atoms with E-state index >= 15 is 0 Å². The lowest BCUT2D eigenvalue weighted by Crippen LogP contribution is -2.14. The van der Waals surface area contributed by atoms with Crippen LogP contribution in [0.1, 0.15) is 11.1 Å². The molecule has 86 valence electrons. The van der Waals surface area contributed by atoms with Crippen molar-refractivity contribution in [1.29, 1.82) is 0 Å². The summed E-state index contributed by atoms with van der Waals surface area (Å²) in [4.78, 5) is 4.25. The van der Waals surface area contributed by atoms with Gasteiger partial charge in [0.2, 0.25) is 0 Å². The van der Waals surface area contributed by atoms with Crippen LogP contribution in [0.3, 0.4) is 0 Å². The smallest absolute Gasteiger partial charge is 0.159 e. The lowest BCUT2D eigenvalue weighted by molar-refractivity contribution is 0.995. The number of nitrogens with one attached hydrogen (secondary N) is 1. The number of hydrogen-bond donors (Lipinski definition) is 2. The van der Waals surface area contributed by atoms with Crippen LogP contribution in [0.5, 0.6) is 0 Å². The van der Waals surface area contributed by atoms with Crippen molar-refractivity contribution < 1.29 is 0 Å². The zero-order valence-electron chi connectivity index (χ0n) is 9.00. The summed E-state index contributed by atoms with van der Waals surface area (Å²) >= 11 is 4.94. The molecule has 0 fully saturated rings. The summed E-state index contributed by atoms with van der Waals surface area (Å²) in [6, 6.07) is 5.58. The van der Waals surface area contributed by atoms with Gasteiger partial charge in [0.15, 0.2) is 5.82 Å². The summed E-state index contributed by atoms with van der Waals surface area (Å²) in [5.41, 5.74) is 7.39. The van der Waals surface area contributed by atoms with E-state index in [0.29, 0.717) is 22.9 Å². The minimum absolute atomic E-state index is 0.303. The molecule has 0 bridgehead atoms. The van der Waals surface area contributed by atoms with Crippen LogP contribution in [0.25, 0.3) is 0 Å². The van der Waals surface area contributed by atoms with E-state index in [1.54, 1.807) is 24.7 Å². The predicted molar refractivity (Wildman–Crippen MR) is 69.5 cm³/mol. The molecule has 2 aromatic rings. The second-order valence-electron chi connectivity index (χ2n) is 3.37. The van der Waals surface area contributed by atoms with Gasteiger partial charge in [-0.1, -0.05) is 12.2 Å². The van der Waals surface area contributed by atoms with Crippen LogP contribution < -0.4 is 11.1 Å². The van der Waals surface area contributed by atoms with E-state index in [-0.39, 0.29) is 0 Å². The van der Waals surface area contributed by atoms with Crippen LogP contribution in [0.15, 0.2) is 36.8 Å². The first-order chi connectivity index (χ1) is 8.27. The highest BCUT2D eigenvalue weighted by molar-refractivity contribution is 7.80. The zero-order chi connectivity index (χ0) is 12.1. The number of aromatic nitrogens is 3. The Morgan fingerprint density at radius 2 is 2.00 bits per heavy atom. The van der Waals surface area contributed by atoms with Crippen LogP contribution >= 0.6 is 12.2 Å². The zero-order valence-corrected chi connectivity index (χ0v) is 9.81. The molecule has 2 rings (SSSR count). The highest BCUT2D eigenvalue weighted by Gasteiger charge is 2.05. The minimum atomic E-state index is 0.303. The van der Waals surface area contributed by atoms with Gasteiger partial charge in [-0.15, -0.1) is 5.10 Å². The standard InChI is InChI=1S/C11H11N5S/c12-10(17)9-3-6-15-16-11(9)14-7-8-1-4-13-5-2-8/h1-6H,7H2,(H2,12,17)(H,14,16). The van der Waals surface area contributed by atoms with Gasteiger partial charge in [-0.3, -0.25) is 4.98 Å². The molecule has 0 radical (unpaired) electrons. The van der Waals surface area contributed by atoms with Gasteiger partial charge in [0.25, 0.3) is 0 Å².